The summed E-state index contributed by atoms with van der Waals surface area (Å²) in [5.41, 5.74) is 3.20. The summed E-state index contributed by atoms with van der Waals surface area (Å²) in [6.45, 7) is 24.2. The smallest absolute Gasteiger partial charge is 0.332 e. The van der Waals surface area contributed by atoms with Crippen molar-refractivity contribution in [1.29, 1.82) is 0 Å². The molecule has 0 aromatic heterocycles. The van der Waals surface area contributed by atoms with Gasteiger partial charge in [-0.2, -0.15) is 0 Å². The molecule has 0 fully saturated rings. The van der Waals surface area contributed by atoms with E-state index in [1.54, 1.807) is 11.1 Å². The fourth-order valence-corrected chi connectivity index (χ4v) is 10.4. The number of carboxylic acid groups (broad SMARTS) is 2. The quantitative estimate of drug-likeness (QED) is 0.0476. The molecule has 1 rings (SSSR count). The lowest BCUT2D eigenvalue weighted by atomic mass is 9.97. The van der Waals surface area contributed by atoms with Crippen LogP contribution in [0.5, 0.6) is 0 Å². The fourth-order valence-electron chi connectivity index (χ4n) is 10.4. The van der Waals surface area contributed by atoms with Gasteiger partial charge in [-0.3, -0.25) is 9.80 Å². The van der Waals surface area contributed by atoms with Crippen molar-refractivity contribution in [2.75, 3.05) is 0 Å². The molecule has 1 aromatic carbocycles. The van der Waals surface area contributed by atoms with Crippen molar-refractivity contribution in [2.45, 2.75) is 376 Å². The van der Waals surface area contributed by atoms with E-state index in [0.29, 0.717) is 24.2 Å². The number of benzene rings is 1. The van der Waals surface area contributed by atoms with E-state index in [0.717, 1.165) is 13.1 Å². The lowest BCUT2D eigenvalue weighted by Gasteiger charge is -2.38. The first-order valence-corrected chi connectivity index (χ1v) is 32.1. The van der Waals surface area contributed by atoms with Crippen molar-refractivity contribution in [2.24, 2.45) is 0 Å². The molecule has 4 N–H and O–H groups in total. The monoisotopic (exact) mass is 1040 g/mol. The number of rotatable bonds is 50. The van der Waals surface area contributed by atoms with Gasteiger partial charge in [0.15, 0.2) is 0 Å². The topological polar surface area (TPSA) is 122 Å². The first-order valence-electron chi connectivity index (χ1n) is 32.1. The summed E-state index contributed by atoms with van der Waals surface area (Å²) >= 11 is 0. The Morgan fingerprint density at radius 2 is 0.500 bits per heavy atom. The van der Waals surface area contributed by atoms with Crippen LogP contribution in [0.4, 0.5) is 0 Å². The summed E-state index contributed by atoms with van der Waals surface area (Å²) in [6.07, 6.45) is 54.0. The number of nitrogens with zero attached hydrogens (tertiary/aromatic N) is 2. The molecule has 0 aliphatic rings. The van der Waals surface area contributed by atoms with Crippen LogP contribution in [0.25, 0.3) is 0 Å². The molecule has 74 heavy (non-hydrogen) atoms. The van der Waals surface area contributed by atoms with Crippen molar-refractivity contribution >= 4 is 11.9 Å². The number of hydrogen-bond donors (Lipinski definition) is 4. The average Bonchev–Trinajstić information content (AvgIpc) is 3.37. The Morgan fingerprint density at radius 1 is 0.338 bits per heavy atom. The average molecular weight is 1050 g/mol. The van der Waals surface area contributed by atoms with Gasteiger partial charge in [0, 0.05) is 37.3 Å². The number of aliphatic carboxylic acids is 2. The summed E-state index contributed by atoms with van der Waals surface area (Å²) < 4.78 is 0. The van der Waals surface area contributed by atoms with Gasteiger partial charge in [-0.05, 0) is 78.4 Å². The van der Waals surface area contributed by atoms with E-state index in [4.69, 9.17) is 20.4 Å². The third-order valence-corrected chi connectivity index (χ3v) is 15.7. The minimum atomic E-state index is -1.23. The third kappa shape index (κ3) is 46.1. The lowest BCUT2D eigenvalue weighted by Crippen LogP contribution is -2.41. The van der Waals surface area contributed by atoms with E-state index in [-0.39, 0.29) is 0 Å². The van der Waals surface area contributed by atoms with Crippen molar-refractivity contribution in [3.05, 3.63) is 35.4 Å². The highest BCUT2D eigenvalue weighted by atomic mass is 16.4. The molecule has 1 aromatic rings. The second kappa shape index (κ2) is 54.4. The summed E-state index contributed by atoms with van der Waals surface area (Å²) in [7, 11) is 0. The second-order valence-electron chi connectivity index (χ2n) is 23.0. The number of carbonyl (C=O) groups is 2. The zero-order valence-electron chi connectivity index (χ0n) is 51.0. The van der Waals surface area contributed by atoms with Crippen molar-refractivity contribution in [1.82, 2.24) is 9.80 Å². The van der Waals surface area contributed by atoms with Gasteiger partial charge in [0.25, 0.3) is 0 Å². The van der Waals surface area contributed by atoms with E-state index < -0.39 is 24.1 Å². The molecule has 0 saturated carbocycles. The number of aliphatic hydroxyl groups is 2. The SMILES string of the molecule is CC(O)C(=O)O.CC(O)C(=O)O.CCCCCCCCCCCC(C)N(Cc1ccccc1CN(C(C)CCCCCCCCCCC)C(C)CCCCCCCCCCC)C(C)CCCCCCCCCCC. The molecule has 0 radical (unpaired) electrons. The van der Waals surface area contributed by atoms with Crippen LogP contribution in [-0.4, -0.2) is 78.5 Å². The van der Waals surface area contributed by atoms with Gasteiger partial charge in [-0.15, -0.1) is 0 Å². The molecule has 0 spiro atoms. The normalized spacial score (nSPS) is 13.9. The van der Waals surface area contributed by atoms with Crippen LogP contribution in [0.1, 0.15) is 337 Å². The maximum atomic E-state index is 9.45. The number of unbranched alkanes of at least 4 members (excludes halogenated alkanes) is 32. The molecule has 0 saturated heterocycles. The van der Waals surface area contributed by atoms with Gasteiger partial charge in [0.2, 0.25) is 0 Å². The third-order valence-electron chi connectivity index (χ3n) is 15.7. The summed E-state index contributed by atoms with van der Waals surface area (Å²) in [4.78, 5) is 24.8. The first-order chi connectivity index (χ1) is 35.7. The van der Waals surface area contributed by atoms with Gasteiger partial charge < -0.3 is 20.4 Å². The second-order valence-corrected chi connectivity index (χ2v) is 23.0. The molecular weight excluding hydrogens is 917 g/mol. The predicted molar refractivity (Wildman–Crippen MR) is 321 cm³/mol. The van der Waals surface area contributed by atoms with E-state index in [1.807, 2.05) is 0 Å². The molecule has 438 valence electrons. The summed E-state index contributed by atoms with van der Waals surface area (Å²) in [6, 6.07) is 12.2. The maximum absolute atomic E-state index is 9.45. The fraction of sp³-hybridized carbons (Fsp3) is 0.879. The molecular formula is C66H128N2O6. The van der Waals surface area contributed by atoms with Crippen LogP contribution in [0, 0.1) is 0 Å². The van der Waals surface area contributed by atoms with Crippen molar-refractivity contribution < 1.29 is 30.0 Å². The van der Waals surface area contributed by atoms with Gasteiger partial charge in [0.1, 0.15) is 12.2 Å². The standard InChI is InChI=1S/C60H116N2.2C3H6O3/c1-9-13-17-21-25-29-33-37-41-47-55(5)61(56(6)48-42-38-34-30-26-22-18-14-10-2)53-59-51-45-46-52-60(59)54-62(57(7)49-43-39-35-31-27-23-19-15-11-3)58(8)50-44-40-36-32-28-24-20-16-12-4;2*1-2(4)3(5)6/h45-46,51-52,55-58H,9-44,47-50,53-54H2,1-8H3;2*2,4H,1H3,(H,5,6). The Morgan fingerprint density at radius 3 is 0.662 bits per heavy atom. The Kier molecular flexibility index (Phi) is 54.4. The lowest BCUT2D eigenvalue weighted by molar-refractivity contribution is -0.146. The minimum Gasteiger partial charge on any atom is -0.479 e. The largest absolute Gasteiger partial charge is 0.479 e. The minimum absolute atomic E-state index is 0.633. The van der Waals surface area contributed by atoms with Crippen LogP contribution in [0.2, 0.25) is 0 Å². The number of aliphatic hydroxyl groups excluding tert-OH is 2. The van der Waals surface area contributed by atoms with Crippen LogP contribution in [0.15, 0.2) is 24.3 Å². The molecule has 0 aliphatic heterocycles. The van der Waals surface area contributed by atoms with Crippen molar-refractivity contribution in [3.63, 3.8) is 0 Å². The predicted octanol–water partition coefficient (Wildman–Crippen LogP) is 19.4. The van der Waals surface area contributed by atoms with Gasteiger partial charge in [-0.25, -0.2) is 9.59 Å². The Hall–Kier alpha value is -2.00. The van der Waals surface area contributed by atoms with Crippen LogP contribution < -0.4 is 0 Å². The Labute approximate surface area is 460 Å². The van der Waals surface area contributed by atoms with Crippen LogP contribution in [0.3, 0.4) is 0 Å². The van der Waals surface area contributed by atoms with Gasteiger partial charge >= 0.3 is 11.9 Å². The van der Waals surface area contributed by atoms with Gasteiger partial charge in [-0.1, -0.05) is 283 Å². The highest BCUT2D eigenvalue weighted by Gasteiger charge is 2.25. The zero-order chi connectivity index (χ0) is 55.5. The molecule has 0 aliphatic carbocycles. The highest BCUT2D eigenvalue weighted by Crippen LogP contribution is 2.27. The van der Waals surface area contributed by atoms with E-state index in [1.165, 1.54) is 271 Å². The van der Waals surface area contributed by atoms with Crippen LogP contribution in [-0.2, 0) is 22.7 Å². The number of carboxylic acids is 2. The van der Waals surface area contributed by atoms with E-state index in [9.17, 15) is 9.59 Å². The summed E-state index contributed by atoms with van der Waals surface area (Å²) in [5, 5.41) is 31.5. The molecule has 0 amide bonds. The van der Waals surface area contributed by atoms with Crippen LogP contribution >= 0.6 is 0 Å². The zero-order valence-corrected chi connectivity index (χ0v) is 51.0. The molecule has 8 heteroatoms. The molecule has 6 atom stereocenters. The molecule has 6 unspecified atom stereocenters. The van der Waals surface area contributed by atoms with E-state index in [2.05, 4.69) is 89.5 Å². The van der Waals surface area contributed by atoms with Crippen molar-refractivity contribution in [3.8, 4) is 0 Å². The Balaban J connectivity index is 0. The maximum Gasteiger partial charge on any atom is 0.332 e. The molecule has 0 heterocycles. The molecule has 8 nitrogen and oxygen atoms in total. The van der Waals surface area contributed by atoms with E-state index >= 15 is 0 Å². The Bertz CT molecular complexity index is 1180. The molecule has 0 bridgehead atoms. The number of hydrogen-bond acceptors (Lipinski definition) is 6. The highest BCUT2D eigenvalue weighted by molar-refractivity contribution is 5.71. The van der Waals surface area contributed by atoms with Gasteiger partial charge in [0.05, 0.1) is 0 Å². The first kappa shape index (κ1) is 74.1. The summed E-state index contributed by atoms with van der Waals surface area (Å²) in [5.74, 6) is -2.37.